The molecule has 4 aliphatic carbocycles. The molecule has 0 radical (unpaired) electrons. The average Bonchev–Trinajstić information content (AvgIpc) is 3.10. The number of Topliss-reactive ketones (excluding diaryl/α,β-unsaturated/α-hetero) is 1. The third-order valence-electron chi connectivity index (χ3n) is 8.27. The summed E-state index contributed by atoms with van der Waals surface area (Å²) in [7, 11) is 0. The van der Waals surface area contributed by atoms with E-state index in [1.807, 2.05) is 0 Å². The molecule has 0 aromatic rings. The van der Waals surface area contributed by atoms with Gasteiger partial charge in [0.1, 0.15) is 5.78 Å². The zero-order chi connectivity index (χ0) is 16.5. The van der Waals surface area contributed by atoms with Crippen LogP contribution in [0, 0.1) is 35.0 Å². The summed E-state index contributed by atoms with van der Waals surface area (Å²) in [6, 6.07) is 0. The lowest BCUT2D eigenvalue weighted by atomic mass is 9.52. The highest BCUT2D eigenvalue weighted by atomic mass is 16.7. The summed E-state index contributed by atoms with van der Waals surface area (Å²) in [6.45, 7) is 6.11. The summed E-state index contributed by atoms with van der Waals surface area (Å²) in [4.78, 5) is 12.6. The number of hydrogen-bond acceptors (Lipinski definition) is 3. The minimum Gasteiger partial charge on any atom is -0.347 e. The zero-order valence-corrected chi connectivity index (χ0v) is 15.1. The lowest BCUT2D eigenvalue weighted by Gasteiger charge is -2.53. The van der Waals surface area contributed by atoms with Crippen molar-refractivity contribution in [3.8, 4) is 0 Å². The first-order chi connectivity index (χ1) is 11.5. The number of allylic oxidation sites excluding steroid dienone is 1. The van der Waals surface area contributed by atoms with Gasteiger partial charge in [0.15, 0.2) is 5.79 Å². The van der Waals surface area contributed by atoms with E-state index in [1.165, 1.54) is 19.3 Å². The number of carbonyl (C=O) groups is 1. The maximum atomic E-state index is 12.6. The first-order valence-electron chi connectivity index (χ1n) is 10.0. The SMILES string of the molecule is CC1CC(=O)[C@@]2(C)CCC3C4CCC5(CC4=CCC3C12)OCCO5. The van der Waals surface area contributed by atoms with Crippen molar-refractivity contribution in [2.24, 2.45) is 35.0 Å². The summed E-state index contributed by atoms with van der Waals surface area (Å²) >= 11 is 0. The van der Waals surface area contributed by atoms with Gasteiger partial charge in [0, 0.05) is 24.7 Å². The van der Waals surface area contributed by atoms with E-state index in [2.05, 4.69) is 19.9 Å². The molecule has 0 amide bonds. The van der Waals surface area contributed by atoms with Crippen molar-refractivity contribution in [3.63, 3.8) is 0 Å². The maximum Gasteiger partial charge on any atom is 0.172 e. The van der Waals surface area contributed by atoms with Crippen LogP contribution in [0.2, 0.25) is 0 Å². The van der Waals surface area contributed by atoms with Gasteiger partial charge < -0.3 is 9.47 Å². The van der Waals surface area contributed by atoms with Gasteiger partial charge in [0.25, 0.3) is 0 Å². The Bertz CT molecular complexity index is 588. The molecular formula is C21H30O3. The predicted octanol–water partition coefficient (Wildman–Crippen LogP) is 4.12. The summed E-state index contributed by atoms with van der Waals surface area (Å²) in [5.41, 5.74) is 1.57. The molecule has 5 rings (SSSR count). The molecule has 1 aliphatic heterocycles. The van der Waals surface area contributed by atoms with Gasteiger partial charge in [-0.15, -0.1) is 0 Å². The van der Waals surface area contributed by atoms with E-state index in [4.69, 9.17) is 9.47 Å². The van der Waals surface area contributed by atoms with Gasteiger partial charge in [-0.3, -0.25) is 4.79 Å². The van der Waals surface area contributed by atoms with E-state index < -0.39 is 0 Å². The molecular weight excluding hydrogens is 300 g/mol. The minimum atomic E-state index is -0.297. The smallest absolute Gasteiger partial charge is 0.172 e. The third kappa shape index (κ3) is 2.00. The Morgan fingerprint density at radius 2 is 1.92 bits per heavy atom. The molecule has 0 N–H and O–H groups in total. The van der Waals surface area contributed by atoms with E-state index in [9.17, 15) is 4.79 Å². The van der Waals surface area contributed by atoms with Gasteiger partial charge in [-0.25, -0.2) is 0 Å². The van der Waals surface area contributed by atoms with E-state index in [-0.39, 0.29) is 11.2 Å². The van der Waals surface area contributed by atoms with Crippen molar-refractivity contribution in [1.82, 2.24) is 0 Å². The largest absolute Gasteiger partial charge is 0.347 e. The number of hydrogen-bond donors (Lipinski definition) is 0. The summed E-state index contributed by atoms with van der Waals surface area (Å²) in [6.07, 6.45) is 10.1. The Morgan fingerprint density at radius 1 is 1.12 bits per heavy atom. The van der Waals surface area contributed by atoms with Gasteiger partial charge >= 0.3 is 0 Å². The molecule has 1 spiro atoms. The van der Waals surface area contributed by atoms with Crippen LogP contribution in [0.25, 0.3) is 0 Å². The van der Waals surface area contributed by atoms with Gasteiger partial charge in [-0.1, -0.05) is 25.5 Å². The molecule has 5 unspecified atom stereocenters. The maximum absolute atomic E-state index is 12.6. The molecule has 24 heavy (non-hydrogen) atoms. The minimum absolute atomic E-state index is 0.0283. The Balaban J connectivity index is 1.44. The molecule has 4 fully saturated rings. The van der Waals surface area contributed by atoms with Crippen LogP contribution >= 0.6 is 0 Å². The lowest BCUT2D eigenvalue weighted by molar-refractivity contribution is -0.176. The van der Waals surface area contributed by atoms with Crippen LogP contribution in [-0.2, 0) is 14.3 Å². The van der Waals surface area contributed by atoms with Crippen molar-refractivity contribution >= 4 is 5.78 Å². The fourth-order valence-electron chi connectivity index (χ4n) is 7.27. The fourth-order valence-corrected chi connectivity index (χ4v) is 7.27. The zero-order valence-electron chi connectivity index (χ0n) is 15.1. The van der Waals surface area contributed by atoms with Crippen molar-refractivity contribution in [2.75, 3.05) is 13.2 Å². The van der Waals surface area contributed by atoms with Crippen molar-refractivity contribution in [1.29, 1.82) is 0 Å². The lowest BCUT2D eigenvalue weighted by Crippen LogP contribution is -2.49. The van der Waals surface area contributed by atoms with Crippen LogP contribution < -0.4 is 0 Å². The summed E-state index contributed by atoms with van der Waals surface area (Å²) in [5, 5.41) is 0. The first-order valence-corrected chi connectivity index (χ1v) is 10.0. The van der Waals surface area contributed by atoms with Crippen LogP contribution in [0.3, 0.4) is 0 Å². The van der Waals surface area contributed by atoms with Crippen LogP contribution in [0.5, 0.6) is 0 Å². The Morgan fingerprint density at radius 3 is 2.71 bits per heavy atom. The molecule has 0 aromatic heterocycles. The first kappa shape index (κ1) is 15.6. The van der Waals surface area contributed by atoms with E-state index in [0.717, 1.165) is 56.7 Å². The fraction of sp³-hybridized carbons (Fsp3) is 0.857. The highest BCUT2D eigenvalue weighted by Gasteiger charge is 2.59. The topological polar surface area (TPSA) is 35.5 Å². The van der Waals surface area contributed by atoms with Crippen LogP contribution in [0.15, 0.2) is 11.6 Å². The normalized spacial score (nSPS) is 49.5. The molecule has 3 saturated carbocycles. The quantitative estimate of drug-likeness (QED) is 0.627. The highest BCUT2D eigenvalue weighted by molar-refractivity contribution is 5.87. The molecule has 132 valence electrons. The number of ether oxygens (including phenoxy) is 2. The molecule has 1 heterocycles. The van der Waals surface area contributed by atoms with Crippen LogP contribution in [0.4, 0.5) is 0 Å². The number of ketones is 1. The van der Waals surface area contributed by atoms with Crippen LogP contribution in [0.1, 0.15) is 58.8 Å². The second-order valence-corrected chi connectivity index (χ2v) is 9.36. The molecule has 1 saturated heterocycles. The Kier molecular flexibility index (Phi) is 3.35. The number of rotatable bonds is 0. The summed E-state index contributed by atoms with van der Waals surface area (Å²) < 4.78 is 12.0. The number of carbonyl (C=O) groups excluding carboxylic acids is 1. The molecule has 5 aliphatic rings. The van der Waals surface area contributed by atoms with Crippen molar-refractivity contribution in [3.05, 3.63) is 11.6 Å². The van der Waals surface area contributed by atoms with Gasteiger partial charge in [0.05, 0.1) is 13.2 Å². The molecule has 3 nitrogen and oxygen atoms in total. The Labute approximate surface area is 145 Å². The summed E-state index contributed by atoms with van der Waals surface area (Å²) in [5.74, 6) is 3.65. The van der Waals surface area contributed by atoms with E-state index >= 15 is 0 Å². The van der Waals surface area contributed by atoms with E-state index in [1.54, 1.807) is 5.57 Å². The van der Waals surface area contributed by atoms with Gasteiger partial charge in [0.2, 0.25) is 0 Å². The molecule has 0 aromatic carbocycles. The molecule has 0 bridgehead atoms. The Hall–Kier alpha value is -0.670. The highest BCUT2D eigenvalue weighted by Crippen LogP contribution is 2.62. The molecule has 6 atom stereocenters. The second-order valence-electron chi connectivity index (χ2n) is 9.36. The van der Waals surface area contributed by atoms with Gasteiger partial charge in [-0.2, -0.15) is 0 Å². The van der Waals surface area contributed by atoms with E-state index in [0.29, 0.717) is 17.6 Å². The standard InChI is InChI=1S/C21H30O3/c1-13-11-18(22)20(2)7-5-16-15-6-8-21(23-9-10-24-21)12-14(15)3-4-17(16)19(13)20/h3,13,15-17,19H,4-12H2,1-2H3/t13?,15?,16?,17?,19?,20-/m1/s1. The van der Waals surface area contributed by atoms with Crippen molar-refractivity contribution in [2.45, 2.75) is 64.6 Å². The van der Waals surface area contributed by atoms with Crippen molar-refractivity contribution < 1.29 is 14.3 Å². The number of fused-ring (bicyclic) bond motifs is 5. The second kappa shape index (κ2) is 5.17. The third-order valence-corrected chi connectivity index (χ3v) is 8.27. The monoisotopic (exact) mass is 330 g/mol. The van der Waals surface area contributed by atoms with Gasteiger partial charge in [-0.05, 0) is 55.3 Å². The molecule has 3 heteroatoms. The predicted molar refractivity (Wildman–Crippen MR) is 91.3 cm³/mol. The van der Waals surface area contributed by atoms with Crippen LogP contribution in [-0.4, -0.2) is 24.8 Å². The average molecular weight is 330 g/mol.